The molecule has 1 atom stereocenters. The van der Waals surface area contributed by atoms with Crippen molar-refractivity contribution in [1.29, 1.82) is 0 Å². The van der Waals surface area contributed by atoms with E-state index in [0.717, 1.165) is 37.0 Å². The molecule has 3 nitrogen and oxygen atoms in total. The number of benzene rings is 2. The summed E-state index contributed by atoms with van der Waals surface area (Å²) in [4.78, 5) is 12.9. The van der Waals surface area contributed by atoms with Crippen molar-refractivity contribution in [2.75, 3.05) is 6.61 Å². The van der Waals surface area contributed by atoms with Gasteiger partial charge >= 0.3 is 5.97 Å². The van der Waals surface area contributed by atoms with E-state index in [2.05, 4.69) is 26.8 Å². The van der Waals surface area contributed by atoms with Crippen molar-refractivity contribution in [1.82, 2.24) is 0 Å². The zero-order valence-corrected chi connectivity index (χ0v) is 26.8. The van der Waals surface area contributed by atoms with Crippen molar-refractivity contribution in [3.63, 3.8) is 0 Å². The Kier molecular flexibility index (Phi) is 20.0. The fraction of sp³-hybridized carbons (Fsp3) is 0.658. The summed E-state index contributed by atoms with van der Waals surface area (Å²) in [5.41, 5.74) is 2.79. The zero-order valence-electron chi connectivity index (χ0n) is 26.8. The molecule has 2 rings (SSSR count). The van der Waals surface area contributed by atoms with Gasteiger partial charge in [0, 0.05) is 6.61 Å². The van der Waals surface area contributed by atoms with Gasteiger partial charge in [-0.25, -0.2) is 4.79 Å². The SMILES string of the molecule is CCCCCCCCCCCCCCCc1ccccc1OC(=O)c1ccc(C(C)OCCCCCCCC)cc1. The summed E-state index contributed by atoms with van der Waals surface area (Å²) in [7, 11) is 0. The highest BCUT2D eigenvalue weighted by Crippen LogP contribution is 2.24. The fourth-order valence-corrected chi connectivity index (χ4v) is 5.43. The topological polar surface area (TPSA) is 35.5 Å². The second-order valence-corrected chi connectivity index (χ2v) is 11.9. The standard InChI is InChI=1S/C38H60O3/c1-4-6-8-10-12-13-14-15-16-17-18-19-21-25-35-26-22-23-27-37(35)41-38(39)36-30-28-34(29-31-36)33(3)40-32-24-20-11-9-7-5-2/h22-23,26-31,33H,4-21,24-25,32H2,1-3H3. The van der Waals surface area contributed by atoms with Gasteiger partial charge in [-0.3, -0.25) is 0 Å². The molecule has 0 spiro atoms. The van der Waals surface area contributed by atoms with Crippen LogP contribution >= 0.6 is 0 Å². The van der Waals surface area contributed by atoms with Gasteiger partial charge in [0.05, 0.1) is 11.7 Å². The van der Waals surface area contributed by atoms with Gasteiger partial charge in [0.15, 0.2) is 0 Å². The highest BCUT2D eigenvalue weighted by Gasteiger charge is 2.13. The number of carbonyl (C=O) groups excluding carboxylic acids is 1. The van der Waals surface area contributed by atoms with E-state index in [0.29, 0.717) is 11.3 Å². The molecule has 2 aromatic rings. The lowest BCUT2D eigenvalue weighted by atomic mass is 10.0. The third-order valence-electron chi connectivity index (χ3n) is 8.21. The minimum atomic E-state index is -0.296. The third-order valence-corrected chi connectivity index (χ3v) is 8.21. The molecule has 0 aliphatic carbocycles. The van der Waals surface area contributed by atoms with Crippen LogP contribution in [0.3, 0.4) is 0 Å². The summed E-state index contributed by atoms with van der Waals surface area (Å²) in [5.74, 6) is 0.395. The van der Waals surface area contributed by atoms with E-state index >= 15 is 0 Å². The van der Waals surface area contributed by atoms with Crippen molar-refractivity contribution in [2.24, 2.45) is 0 Å². The van der Waals surface area contributed by atoms with E-state index in [1.54, 1.807) is 0 Å². The maximum absolute atomic E-state index is 12.9. The molecule has 41 heavy (non-hydrogen) atoms. The van der Waals surface area contributed by atoms with Crippen LogP contribution in [-0.2, 0) is 11.2 Å². The molecule has 0 aliphatic heterocycles. The average Bonchev–Trinajstić information content (AvgIpc) is 2.99. The maximum Gasteiger partial charge on any atom is 0.343 e. The smallest absolute Gasteiger partial charge is 0.343 e. The third kappa shape index (κ3) is 16.2. The van der Waals surface area contributed by atoms with Crippen molar-refractivity contribution in [2.45, 2.75) is 155 Å². The molecule has 0 saturated heterocycles. The lowest BCUT2D eigenvalue weighted by Crippen LogP contribution is -2.10. The molecule has 0 heterocycles. The number of hydrogen-bond acceptors (Lipinski definition) is 3. The second kappa shape index (κ2) is 23.4. The van der Waals surface area contributed by atoms with Crippen LogP contribution in [0.5, 0.6) is 5.75 Å². The predicted molar refractivity (Wildman–Crippen MR) is 175 cm³/mol. The minimum absolute atomic E-state index is 0.0248. The Morgan fingerprint density at radius 2 is 1.10 bits per heavy atom. The molecule has 230 valence electrons. The van der Waals surface area contributed by atoms with Gasteiger partial charge in [0.25, 0.3) is 0 Å². The average molecular weight is 565 g/mol. The van der Waals surface area contributed by atoms with E-state index < -0.39 is 0 Å². The number of aryl methyl sites for hydroxylation is 1. The Bertz CT molecular complexity index is 904. The van der Waals surface area contributed by atoms with Crippen LogP contribution in [0, 0.1) is 0 Å². The molecule has 0 N–H and O–H groups in total. The van der Waals surface area contributed by atoms with Crippen LogP contribution in [0.1, 0.15) is 170 Å². The van der Waals surface area contributed by atoms with E-state index in [-0.39, 0.29) is 12.1 Å². The van der Waals surface area contributed by atoms with E-state index in [4.69, 9.17) is 9.47 Å². The van der Waals surface area contributed by atoms with Crippen LogP contribution in [0.4, 0.5) is 0 Å². The summed E-state index contributed by atoms with van der Waals surface area (Å²) in [5, 5.41) is 0. The fourth-order valence-electron chi connectivity index (χ4n) is 5.43. The van der Waals surface area contributed by atoms with Crippen LogP contribution in [0.15, 0.2) is 48.5 Å². The molecule has 0 aliphatic rings. The van der Waals surface area contributed by atoms with E-state index in [1.807, 2.05) is 42.5 Å². The second-order valence-electron chi connectivity index (χ2n) is 11.9. The van der Waals surface area contributed by atoms with Crippen molar-refractivity contribution in [3.8, 4) is 5.75 Å². The van der Waals surface area contributed by atoms with E-state index in [9.17, 15) is 4.79 Å². The van der Waals surface area contributed by atoms with Crippen molar-refractivity contribution in [3.05, 3.63) is 65.2 Å². The highest BCUT2D eigenvalue weighted by molar-refractivity contribution is 5.91. The van der Waals surface area contributed by atoms with Gasteiger partial charge in [-0.2, -0.15) is 0 Å². The summed E-state index contributed by atoms with van der Waals surface area (Å²) in [6, 6.07) is 15.7. The Morgan fingerprint density at radius 3 is 1.66 bits per heavy atom. The molecular formula is C38H60O3. The number of ether oxygens (including phenoxy) is 2. The molecular weight excluding hydrogens is 504 g/mol. The molecule has 0 fully saturated rings. The van der Waals surface area contributed by atoms with Crippen molar-refractivity contribution >= 4 is 5.97 Å². The lowest BCUT2D eigenvalue weighted by Gasteiger charge is -2.14. The first kappa shape index (κ1) is 35.1. The van der Waals surface area contributed by atoms with Crippen molar-refractivity contribution < 1.29 is 14.3 Å². The first-order chi connectivity index (χ1) is 20.2. The molecule has 1 unspecified atom stereocenters. The van der Waals surface area contributed by atoms with E-state index in [1.165, 1.54) is 109 Å². The molecule has 0 bridgehead atoms. The molecule has 2 aromatic carbocycles. The molecule has 0 saturated carbocycles. The number of rotatable bonds is 25. The zero-order chi connectivity index (χ0) is 29.4. The first-order valence-electron chi connectivity index (χ1n) is 17.2. The Balaban J connectivity index is 1.64. The quantitative estimate of drug-likeness (QED) is 0.0683. The Morgan fingerprint density at radius 1 is 0.610 bits per heavy atom. The first-order valence-corrected chi connectivity index (χ1v) is 17.2. The number of carbonyl (C=O) groups is 1. The van der Waals surface area contributed by atoms with Crippen LogP contribution in [-0.4, -0.2) is 12.6 Å². The van der Waals surface area contributed by atoms with Gasteiger partial charge in [-0.15, -0.1) is 0 Å². The van der Waals surface area contributed by atoms with Crippen LogP contribution < -0.4 is 4.74 Å². The van der Waals surface area contributed by atoms with Gasteiger partial charge in [-0.05, 0) is 55.5 Å². The summed E-state index contributed by atoms with van der Waals surface area (Å²) < 4.78 is 11.9. The monoisotopic (exact) mass is 564 g/mol. The summed E-state index contributed by atoms with van der Waals surface area (Å²) in [6.45, 7) is 7.39. The van der Waals surface area contributed by atoms with Crippen LogP contribution in [0.2, 0.25) is 0 Å². The summed E-state index contributed by atoms with van der Waals surface area (Å²) in [6.07, 6.45) is 26.1. The largest absolute Gasteiger partial charge is 0.423 e. The molecule has 0 amide bonds. The van der Waals surface area contributed by atoms with Crippen LogP contribution in [0.25, 0.3) is 0 Å². The summed E-state index contributed by atoms with van der Waals surface area (Å²) >= 11 is 0. The van der Waals surface area contributed by atoms with Gasteiger partial charge < -0.3 is 9.47 Å². The lowest BCUT2D eigenvalue weighted by molar-refractivity contribution is 0.0626. The van der Waals surface area contributed by atoms with Gasteiger partial charge in [-0.1, -0.05) is 153 Å². The Hall–Kier alpha value is -2.13. The number of hydrogen-bond donors (Lipinski definition) is 0. The normalized spacial score (nSPS) is 12.0. The maximum atomic E-state index is 12.9. The van der Waals surface area contributed by atoms with Gasteiger partial charge in [0.2, 0.25) is 0 Å². The highest BCUT2D eigenvalue weighted by atomic mass is 16.5. The van der Waals surface area contributed by atoms with Gasteiger partial charge in [0.1, 0.15) is 5.75 Å². The number of para-hydroxylation sites is 1. The minimum Gasteiger partial charge on any atom is -0.423 e. The molecule has 3 heteroatoms. The molecule has 0 radical (unpaired) electrons. The number of unbranched alkanes of at least 4 members (excludes halogenated alkanes) is 17. The molecule has 0 aromatic heterocycles. The Labute approximate surface area is 252 Å². The number of esters is 1. The predicted octanol–water partition coefficient (Wildman–Crippen LogP) is 12.0.